The summed E-state index contributed by atoms with van der Waals surface area (Å²) in [5.74, 6) is -5.37. The van der Waals surface area contributed by atoms with Gasteiger partial charge >= 0.3 is 12.0 Å². The van der Waals surface area contributed by atoms with Crippen LogP contribution in [0.3, 0.4) is 0 Å². The number of hydrogen-bond donors (Lipinski definition) is 2. The Morgan fingerprint density at radius 3 is 2.44 bits per heavy atom. The third kappa shape index (κ3) is 8.72. The molecule has 73 heavy (non-hydrogen) atoms. The smallest absolute Gasteiger partial charge is 0.329 e. The normalized spacial score (nSPS) is 23.4. The number of nitrogens with zero attached hydrogens (tertiary/aromatic N) is 8. The number of carbonyl (C=O) groups is 2. The van der Waals surface area contributed by atoms with Gasteiger partial charge in [0.05, 0.1) is 30.0 Å². The zero-order valence-corrected chi connectivity index (χ0v) is 41.6. The van der Waals surface area contributed by atoms with E-state index in [4.69, 9.17) is 19.7 Å². The molecule has 6 aliphatic rings. The third-order valence-corrected chi connectivity index (χ3v) is 17.3. The van der Waals surface area contributed by atoms with Crippen LogP contribution in [0.25, 0.3) is 43.8 Å². The molecule has 6 fully saturated rings. The van der Waals surface area contributed by atoms with Gasteiger partial charge in [0.15, 0.2) is 11.6 Å². The molecule has 2 N–H and O–H groups in total. The molecular weight excluding hydrogens is 944 g/mol. The molecule has 1 spiro atoms. The Morgan fingerprint density at radius 2 is 1.70 bits per heavy atom. The summed E-state index contributed by atoms with van der Waals surface area (Å²) in [5.41, 5.74) is 2.52. The van der Waals surface area contributed by atoms with E-state index < -0.39 is 42.0 Å². The Bertz CT molecular complexity index is 3180. The number of rotatable bonds is 11. The highest BCUT2D eigenvalue weighted by atomic mass is 19.3. The van der Waals surface area contributed by atoms with E-state index in [2.05, 4.69) is 32.2 Å². The van der Waals surface area contributed by atoms with E-state index in [-0.39, 0.29) is 76.1 Å². The van der Waals surface area contributed by atoms with Crippen LogP contribution >= 0.6 is 0 Å². The number of alkyl halides is 2. The number of aryl methyl sites for hydroxylation is 2. The number of pyridine rings is 1. The summed E-state index contributed by atoms with van der Waals surface area (Å²) in [6.07, 6.45) is 10.1. The minimum Gasteiger partial charge on any atom is -0.463 e. The van der Waals surface area contributed by atoms with Crippen LogP contribution in [0.2, 0.25) is 0 Å². The molecule has 13 nitrogen and oxygen atoms in total. The van der Waals surface area contributed by atoms with E-state index >= 15 is 22.0 Å². The summed E-state index contributed by atoms with van der Waals surface area (Å²) in [5, 5.41) is 11.5. The molecule has 12 rings (SSSR count). The number of benzene rings is 3. The molecule has 4 aliphatic heterocycles. The van der Waals surface area contributed by atoms with Gasteiger partial charge in [0.25, 0.3) is 5.92 Å². The number of halogens is 5. The number of anilines is 2. The lowest BCUT2D eigenvalue weighted by Gasteiger charge is -2.57. The molecular formula is C55H61F5N10O3. The minimum atomic E-state index is -3.16. The number of aromatic nitrogens is 5. The van der Waals surface area contributed by atoms with Crippen LogP contribution in [0.15, 0.2) is 42.6 Å². The number of carbonyl (C=O) groups excluding carboxylic acids is 2. The maximum Gasteiger partial charge on any atom is 0.329 e. The second-order valence-corrected chi connectivity index (χ2v) is 22.4. The van der Waals surface area contributed by atoms with Crippen LogP contribution in [-0.4, -0.2) is 118 Å². The largest absolute Gasteiger partial charge is 0.463 e. The molecule has 3 aromatic carbocycles. The molecule has 2 atom stereocenters. The monoisotopic (exact) mass is 1000 g/mol. The Kier molecular flexibility index (Phi) is 11.9. The van der Waals surface area contributed by atoms with E-state index in [1.165, 1.54) is 17.0 Å². The van der Waals surface area contributed by atoms with Crippen molar-refractivity contribution in [2.75, 3.05) is 68.8 Å². The number of likely N-dealkylation sites (tertiary alicyclic amines) is 2. The summed E-state index contributed by atoms with van der Waals surface area (Å²) in [6.45, 7) is 10.7. The maximum absolute atomic E-state index is 17.2. The second-order valence-electron chi connectivity index (χ2n) is 22.4. The van der Waals surface area contributed by atoms with Crippen LogP contribution in [0.4, 0.5) is 38.4 Å². The Hall–Kier alpha value is -6.01. The highest BCUT2D eigenvalue weighted by molar-refractivity contribution is 6.09. The van der Waals surface area contributed by atoms with Crippen molar-refractivity contribution in [2.24, 2.45) is 16.7 Å². The fourth-order valence-corrected chi connectivity index (χ4v) is 13.0. The van der Waals surface area contributed by atoms with Crippen molar-refractivity contribution in [3.63, 3.8) is 0 Å². The number of ether oxygens (including phenoxy) is 1. The Labute approximate surface area is 420 Å². The van der Waals surface area contributed by atoms with Gasteiger partial charge in [-0.1, -0.05) is 26.0 Å². The molecule has 3 amide bonds. The van der Waals surface area contributed by atoms with Crippen LogP contribution in [0.1, 0.15) is 101 Å². The molecule has 384 valence electrons. The lowest BCUT2D eigenvalue weighted by Crippen LogP contribution is -2.59. The Morgan fingerprint density at radius 1 is 0.890 bits per heavy atom. The topological polar surface area (TPSA) is 136 Å². The minimum absolute atomic E-state index is 0.0521. The van der Waals surface area contributed by atoms with Crippen molar-refractivity contribution >= 4 is 56.2 Å². The van der Waals surface area contributed by atoms with Crippen molar-refractivity contribution < 1.29 is 36.3 Å². The van der Waals surface area contributed by atoms with Crippen LogP contribution in [-0.2, 0) is 11.2 Å². The van der Waals surface area contributed by atoms with Gasteiger partial charge in [-0.15, -0.1) is 0 Å². The molecule has 2 unspecified atom stereocenters. The first-order chi connectivity index (χ1) is 35.1. The molecule has 0 bridgehead atoms. The highest BCUT2D eigenvalue weighted by Crippen LogP contribution is 2.55. The first kappa shape index (κ1) is 48.0. The predicted octanol–water partition coefficient (Wildman–Crippen LogP) is 10.2. The van der Waals surface area contributed by atoms with Gasteiger partial charge < -0.3 is 14.5 Å². The number of piperidine rings is 3. The van der Waals surface area contributed by atoms with Gasteiger partial charge in [0.2, 0.25) is 5.91 Å². The standard InChI is InChI=1S/C55H61F5N10O3/c1-4-35-41(56)8-7-33-20-32(3)21-38(45(33)35)47-46(58)48-39(26-61-47)49(68-15-5-6-31(2)27-68)64-51(63-48)73-30-54(11-12-54)28-67-18-13-53(14-19-67)24-34(25-53)69-16-9-40(55(59,60)29-69)36-23-43-37(22-42(36)57)50(66-65-43)70-17-10-44(71)62-52(70)72/h7-8,20-23,26,31,34,40H,4-6,9-19,24-25,27-30H2,1-3H3,(H,65,66)(H,62,71,72). The number of urea groups is 1. The zero-order valence-electron chi connectivity index (χ0n) is 41.6. The van der Waals surface area contributed by atoms with E-state index in [1.807, 2.05) is 30.9 Å². The first-order valence-corrected chi connectivity index (χ1v) is 26.2. The SMILES string of the molecule is CCc1c(F)ccc2cc(C)cc(-c3ncc4c(N5CCCC(C)C5)nc(OCC5(CN6CCC7(CC6)CC(N6CCC(c8cc9[nH]nc(N%10CCC(=O)NC%10=O)c9cc8F)C(F)(F)C6)C7)CC5)nc4c3F)c12. The van der Waals surface area contributed by atoms with Crippen molar-refractivity contribution in [3.8, 4) is 17.3 Å². The number of H-pyrrole nitrogens is 1. The average molecular weight is 1010 g/mol. The van der Waals surface area contributed by atoms with Crippen molar-refractivity contribution in [1.29, 1.82) is 0 Å². The summed E-state index contributed by atoms with van der Waals surface area (Å²) < 4.78 is 86.9. The quantitative estimate of drug-likeness (QED) is 0.121. The van der Waals surface area contributed by atoms with E-state index in [9.17, 15) is 9.59 Å². The fraction of sp³-hybridized carbons (Fsp3) is 0.527. The number of hydrogen-bond acceptors (Lipinski definition) is 10. The van der Waals surface area contributed by atoms with E-state index in [1.54, 1.807) is 12.3 Å². The average Bonchev–Trinajstić information content (AvgIpc) is 4.01. The number of amides is 3. The van der Waals surface area contributed by atoms with Crippen molar-refractivity contribution in [1.82, 2.24) is 40.3 Å². The second kappa shape index (κ2) is 18.1. The predicted molar refractivity (Wildman–Crippen MR) is 269 cm³/mol. The molecule has 3 aromatic heterocycles. The highest BCUT2D eigenvalue weighted by Gasteiger charge is 2.54. The van der Waals surface area contributed by atoms with Gasteiger partial charge in [0, 0.05) is 61.2 Å². The van der Waals surface area contributed by atoms with Crippen molar-refractivity contribution in [3.05, 3.63) is 76.7 Å². The molecule has 2 aliphatic carbocycles. The molecule has 18 heteroatoms. The fourth-order valence-electron chi connectivity index (χ4n) is 13.0. The number of imide groups is 1. The number of fused-ring (bicyclic) bond motifs is 3. The van der Waals surface area contributed by atoms with Crippen LogP contribution in [0.5, 0.6) is 6.01 Å². The van der Waals surface area contributed by atoms with E-state index in [0.717, 1.165) is 101 Å². The maximum atomic E-state index is 17.2. The van der Waals surface area contributed by atoms with Gasteiger partial charge in [-0.2, -0.15) is 15.1 Å². The molecule has 0 radical (unpaired) electrons. The lowest BCUT2D eigenvalue weighted by atomic mass is 9.59. The van der Waals surface area contributed by atoms with Crippen LogP contribution < -0.4 is 19.9 Å². The molecule has 2 saturated carbocycles. The van der Waals surface area contributed by atoms with Crippen LogP contribution in [0, 0.1) is 41.1 Å². The zero-order chi connectivity index (χ0) is 50.6. The summed E-state index contributed by atoms with van der Waals surface area (Å²) in [4.78, 5) is 46.4. The number of nitrogens with one attached hydrogen (secondary N) is 2. The third-order valence-electron chi connectivity index (χ3n) is 17.3. The molecule has 7 heterocycles. The molecule has 4 saturated heterocycles. The lowest BCUT2D eigenvalue weighted by molar-refractivity contribution is -0.126. The Balaban J connectivity index is 0.694. The van der Waals surface area contributed by atoms with Gasteiger partial charge in [-0.25, -0.2) is 26.7 Å². The summed E-state index contributed by atoms with van der Waals surface area (Å²) in [6, 6.07) is 9.14. The van der Waals surface area contributed by atoms with Gasteiger partial charge in [-0.05, 0) is 154 Å². The first-order valence-electron chi connectivity index (χ1n) is 26.2. The van der Waals surface area contributed by atoms with E-state index in [0.29, 0.717) is 58.7 Å². The summed E-state index contributed by atoms with van der Waals surface area (Å²) in [7, 11) is 0. The number of aromatic amines is 1. The van der Waals surface area contributed by atoms with Gasteiger partial charge in [0.1, 0.15) is 28.7 Å². The van der Waals surface area contributed by atoms with Gasteiger partial charge in [-0.3, -0.25) is 30.0 Å². The summed E-state index contributed by atoms with van der Waals surface area (Å²) >= 11 is 0. The van der Waals surface area contributed by atoms with Crippen molar-refractivity contribution in [2.45, 2.75) is 109 Å². The molecule has 6 aromatic rings.